The maximum atomic E-state index is 5.83. The van der Waals surface area contributed by atoms with Crippen LogP contribution in [0.1, 0.15) is 25.6 Å². The number of para-hydroxylation sites is 1. The number of hydrogen-bond acceptors (Lipinski definition) is 3. The van der Waals surface area contributed by atoms with Gasteiger partial charge in [-0.15, -0.1) is 0 Å². The summed E-state index contributed by atoms with van der Waals surface area (Å²) in [7, 11) is 1.67. The lowest BCUT2D eigenvalue weighted by Crippen LogP contribution is -2.19. The van der Waals surface area contributed by atoms with Gasteiger partial charge in [0.2, 0.25) is 0 Å². The van der Waals surface area contributed by atoms with Crippen molar-refractivity contribution in [1.29, 1.82) is 0 Å². The molecule has 0 fully saturated rings. The molecule has 4 nitrogen and oxygen atoms in total. The van der Waals surface area contributed by atoms with Gasteiger partial charge in [0.1, 0.15) is 11.6 Å². The first-order valence-corrected chi connectivity index (χ1v) is 6.55. The minimum atomic E-state index is 0.253. The zero-order valence-corrected chi connectivity index (χ0v) is 11.7. The number of rotatable bonds is 5. The Balaban J connectivity index is 2.35. The van der Waals surface area contributed by atoms with Crippen molar-refractivity contribution in [1.82, 2.24) is 9.97 Å². The molecule has 1 unspecified atom stereocenters. The SMILES string of the molecule is COc1ccccc1-c1cnc(C(CN)C(C)C)[nH]1. The molecule has 0 saturated carbocycles. The molecule has 2 rings (SSSR count). The predicted molar refractivity (Wildman–Crippen MR) is 77.2 cm³/mol. The fourth-order valence-electron chi connectivity index (χ4n) is 2.23. The van der Waals surface area contributed by atoms with Crippen LogP contribution in [0.4, 0.5) is 0 Å². The molecule has 0 spiro atoms. The second-order valence-electron chi connectivity index (χ2n) is 4.97. The Morgan fingerprint density at radius 1 is 1.32 bits per heavy atom. The summed E-state index contributed by atoms with van der Waals surface area (Å²) in [4.78, 5) is 7.83. The van der Waals surface area contributed by atoms with E-state index < -0.39 is 0 Å². The van der Waals surface area contributed by atoms with Crippen LogP contribution in [0.5, 0.6) is 5.75 Å². The van der Waals surface area contributed by atoms with Crippen molar-refractivity contribution in [2.45, 2.75) is 19.8 Å². The fourth-order valence-corrected chi connectivity index (χ4v) is 2.23. The molecule has 0 radical (unpaired) electrons. The zero-order chi connectivity index (χ0) is 13.8. The maximum Gasteiger partial charge on any atom is 0.128 e. The molecule has 102 valence electrons. The fraction of sp³-hybridized carbons (Fsp3) is 0.400. The Kier molecular flexibility index (Phi) is 4.22. The van der Waals surface area contributed by atoms with Crippen LogP contribution in [-0.4, -0.2) is 23.6 Å². The average molecular weight is 259 g/mol. The topological polar surface area (TPSA) is 63.9 Å². The summed E-state index contributed by atoms with van der Waals surface area (Å²) in [5, 5.41) is 0. The van der Waals surface area contributed by atoms with Crippen molar-refractivity contribution < 1.29 is 4.74 Å². The van der Waals surface area contributed by atoms with Gasteiger partial charge >= 0.3 is 0 Å². The zero-order valence-electron chi connectivity index (χ0n) is 11.7. The lowest BCUT2D eigenvalue weighted by atomic mass is 9.95. The number of imidazole rings is 1. The minimum absolute atomic E-state index is 0.253. The van der Waals surface area contributed by atoms with E-state index in [0.717, 1.165) is 22.8 Å². The highest BCUT2D eigenvalue weighted by atomic mass is 16.5. The Hall–Kier alpha value is -1.81. The molecule has 0 aliphatic rings. The second kappa shape index (κ2) is 5.89. The number of H-pyrrole nitrogens is 1. The Morgan fingerprint density at radius 3 is 2.68 bits per heavy atom. The van der Waals surface area contributed by atoms with Crippen LogP contribution in [0, 0.1) is 5.92 Å². The molecule has 1 heterocycles. The van der Waals surface area contributed by atoms with E-state index in [9.17, 15) is 0 Å². The summed E-state index contributed by atoms with van der Waals surface area (Å²) in [5.41, 5.74) is 7.81. The van der Waals surface area contributed by atoms with E-state index in [0.29, 0.717) is 12.5 Å². The van der Waals surface area contributed by atoms with E-state index >= 15 is 0 Å². The van der Waals surface area contributed by atoms with Crippen LogP contribution in [0.25, 0.3) is 11.3 Å². The lowest BCUT2D eigenvalue weighted by molar-refractivity contribution is 0.416. The van der Waals surface area contributed by atoms with Gasteiger partial charge in [0.15, 0.2) is 0 Å². The third kappa shape index (κ3) is 2.79. The van der Waals surface area contributed by atoms with E-state index in [2.05, 4.69) is 23.8 Å². The maximum absolute atomic E-state index is 5.83. The third-order valence-corrected chi connectivity index (χ3v) is 3.40. The van der Waals surface area contributed by atoms with Gasteiger partial charge in [0.25, 0.3) is 0 Å². The average Bonchev–Trinajstić information content (AvgIpc) is 2.88. The second-order valence-corrected chi connectivity index (χ2v) is 4.97. The van der Waals surface area contributed by atoms with Crippen molar-refractivity contribution >= 4 is 0 Å². The molecule has 0 saturated heterocycles. The van der Waals surface area contributed by atoms with E-state index in [-0.39, 0.29) is 5.92 Å². The Labute approximate surface area is 114 Å². The largest absolute Gasteiger partial charge is 0.496 e. The first-order chi connectivity index (χ1) is 9.17. The van der Waals surface area contributed by atoms with Crippen LogP contribution in [-0.2, 0) is 0 Å². The van der Waals surface area contributed by atoms with Crippen LogP contribution < -0.4 is 10.5 Å². The van der Waals surface area contributed by atoms with Gasteiger partial charge in [0.05, 0.1) is 19.0 Å². The monoisotopic (exact) mass is 259 g/mol. The summed E-state index contributed by atoms with van der Waals surface area (Å²) in [6.07, 6.45) is 1.85. The summed E-state index contributed by atoms with van der Waals surface area (Å²) in [6, 6.07) is 7.90. The number of nitrogens with zero attached hydrogens (tertiary/aromatic N) is 1. The molecule has 2 aromatic rings. The van der Waals surface area contributed by atoms with Crippen molar-refractivity contribution in [3.05, 3.63) is 36.3 Å². The highest BCUT2D eigenvalue weighted by Crippen LogP contribution is 2.30. The number of nitrogens with two attached hydrogens (primary N) is 1. The molecule has 19 heavy (non-hydrogen) atoms. The van der Waals surface area contributed by atoms with Crippen LogP contribution in [0.2, 0.25) is 0 Å². The number of aromatic nitrogens is 2. The van der Waals surface area contributed by atoms with E-state index in [1.807, 2.05) is 30.5 Å². The predicted octanol–water partition coefficient (Wildman–Crippen LogP) is 2.78. The summed E-state index contributed by atoms with van der Waals surface area (Å²) in [5.74, 6) is 2.50. The molecular formula is C15H21N3O. The Bertz CT molecular complexity index is 534. The molecule has 4 heteroatoms. The number of ether oxygens (including phenoxy) is 1. The van der Waals surface area contributed by atoms with Crippen LogP contribution >= 0.6 is 0 Å². The van der Waals surface area contributed by atoms with Gasteiger partial charge in [-0.05, 0) is 18.1 Å². The molecule has 1 aromatic carbocycles. The first kappa shape index (κ1) is 13.6. The molecular weight excluding hydrogens is 238 g/mol. The van der Waals surface area contributed by atoms with Gasteiger partial charge in [-0.3, -0.25) is 0 Å². The molecule has 0 amide bonds. The number of hydrogen-bond donors (Lipinski definition) is 2. The van der Waals surface area contributed by atoms with Gasteiger partial charge in [0, 0.05) is 18.0 Å². The van der Waals surface area contributed by atoms with Crippen molar-refractivity contribution in [3.63, 3.8) is 0 Å². The minimum Gasteiger partial charge on any atom is -0.496 e. The lowest BCUT2D eigenvalue weighted by Gasteiger charge is -2.15. The standard InChI is InChI=1S/C15H21N3O/c1-10(2)12(8-16)15-17-9-13(18-15)11-6-4-5-7-14(11)19-3/h4-7,9-10,12H,8,16H2,1-3H3,(H,17,18). The van der Waals surface area contributed by atoms with Crippen molar-refractivity contribution in [3.8, 4) is 17.0 Å². The molecule has 0 aliphatic heterocycles. The highest BCUT2D eigenvalue weighted by Gasteiger charge is 2.18. The van der Waals surface area contributed by atoms with E-state index in [4.69, 9.17) is 10.5 Å². The van der Waals surface area contributed by atoms with E-state index in [1.165, 1.54) is 0 Å². The number of methoxy groups -OCH3 is 1. The van der Waals surface area contributed by atoms with Crippen molar-refractivity contribution in [2.24, 2.45) is 11.7 Å². The van der Waals surface area contributed by atoms with Gasteiger partial charge < -0.3 is 15.5 Å². The van der Waals surface area contributed by atoms with Gasteiger partial charge in [-0.2, -0.15) is 0 Å². The Morgan fingerprint density at radius 2 is 2.05 bits per heavy atom. The molecule has 0 aliphatic carbocycles. The summed E-state index contributed by atoms with van der Waals surface area (Å²) >= 11 is 0. The van der Waals surface area contributed by atoms with Crippen molar-refractivity contribution in [2.75, 3.05) is 13.7 Å². The van der Waals surface area contributed by atoms with Crippen LogP contribution in [0.3, 0.4) is 0 Å². The smallest absolute Gasteiger partial charge is 0.128 e. The number of benzene rings is 1. The van der Waals surface area contributed by atoms with E-state index in [1.54, 1.807) is 7.11 Å². The summed E-state index contributed by atoms with van der Waals surface area (Å²) < 4.78 is 5.37. The number of aromatic amines is 1. The van der Waals surface area contributed by atoms with Gasteiger partial charge in [-0.1, -0.05) is 26.0 Å². The summed E-state index contributed by atoms with van der Waals surface area (Å²) in [6.45, 7) is 4.90. The quantitative estimate of drug-likeness (QED) is 0.867. The van der Waals surface area contributed by atoms with Gasteiger partial charge in [-0.25, -0.2) is 4.98 Å². The normalized spacial score (nSPS) is 12.7. The first-order valence-electron chi connectivity index (χ1n) is 6.55. The molecule has 1 aromatic heterocycles. The number of nitrogens with one attached hydrogen (secondary N) is 1. The molecule has 3 N–H and O–H groups in total. The third-order valence-electron chi connectivity index (χ3n) is 3.40. The van der Waals surface area contributed by atoms with Crippen LogP contribution in [0.15, 0.2) is 30.5 Å². The highest BCUT2D eigenvalue weighted by molar-refractivity contribution is 5.66. The molecule has 1 atom stereocenters. The molecule has 0 bridgehead atoms.